The van der Waals surface area contributed by atoms with Gasteiger partial charge in [0.05, 0.1) is 67.1 Å². The minimum atomic E-state index is -0.387. The van der Waals surface area contributed by atoms with Crippen LogP contribution in [0.5, 0.6) is 46.0 Å². The second kappa shape index (κ2) is 17.2. The zero-order valence-corrected chi connectivity index (χ0v) is 31.7. The van der Waals surface area contributed by atoms with Crippen LogP contribution in [0.3, 0.4) is 0 Å². The van der Waals surface area contributed by atoms with Crippen molar-refractivity contribution in [3.63, 3.8) is 0 Å². The summed E-state index contributed by atoms with van der Waals surface area (Å²) in [6.45, 7) is 2.93. The first-order valence-electron chi connectivity index (χ1n) is 17.7. The third-order valence-electron chi connectivity index (χ3n) is 9.33. The molecule has 13 nitrogen and oxygen atoms in total. The molecular weight excluding hydrogens is 694 g/mol. The van der Waals surface area contributed by atoms with Crippen LogP contribution in [0.1, 0.15) is 70.6 Å². The van der Waals surface area contributed by atoms with E-state index < -0.39 is 0 Å². The predicted octanol–water partition coefficient (Wildman–Crippen LogP) is 7.39. The highest BCUT2D eigenvalue weighted by Crippen LogP contribution is 2.44. The minimum absolute atomic E-state index is 0.119. The van der Waals surface area contributed by atoms with Gasteiger partial charge in [-0.1, -0.05) is 22.9 Å². The fourth-order valence-electron chi connectivity index (χ4n) is 6.46. The normalized spacial score (nSPS) is 15.8. The van der Waals surface area contributed by atoms with Crippen molar-refractivity contribution in [3.8, 4) is 46.0 Å². The van der Waals surface area contributed by atoms with E-state index in [1.54, 1.807) is 42.7 Å². The molecule has 2 N–H and O–H groups in total. The Labute approximate surface area is 315 Å². The summed E-state index contributed by atoms with van der Waals surface area (Å²) in [5.74, 6) is 4.29. The first-order valence-corrected chi connectivity index (χ1v) is 17.7. The Kier molecular flexibility index (Phi) is 12.1. The summed E-state index contributed by atoms with van der Waals surface area (Å²) >= 11 is 0. The van der Waals surface area contributed by atoms with Crippen molar-refractivity contribution in [3.05, 3.63) is 88.5 Å². The average Bonchev–Trinajstić information content (AvgIpc) is 3.70. The van der Waals surface area contributed by atoms with Gasteiger partial charge in [-0.05, 0) is 80.3 Å². The number of methoxy groups -OCH3 is 6. The summed E-state index contributed by atoms with van der Waals surface area (Å²) in [4.78, 5) is 18.6. The van der Waals surface area contributed by atoms with Crippen LogP contribution in [0, 0.1) is 6.92 Å². The SMILES string of the molecule is COc1cc(C2NC(=O)c3cc(C)ccc3N2)ccc1OCCCCCOc1c(OC)cc(C2=NOC(c3cc(OC)c(OC)c(OC)c3)C2)cc1OC. The molecule has 0 bridgehead atoms. The first-order chi connectivity index (χ1) is 26.3. The quantitative estimate of drug-likeness (QED) is 0.105. The summed E-state index contributed by atoms with van der Waals surface area (Å²) in [5.41, 5.74) is 5.70. The third-order valence-corrected chi connectivity index (χ3v) is 9.33. The number of aryl methyl sites for hydroxylation is 1. The molecule has 0 fully saturated rings. The highest BCUT2D eigenvalue weighted by Gasteiger charge is 2.29. The van der Waals surface area contributed by atoms with Crippen LogP contribution in [0.25, 0.3) is 0 Å². The van der Waals surface area contributed by atoms with Crippen LogP contribution in [0.15, 0.2) is 65.8 Å². The number of nitrogens with zero attached hydrogens (tertiary/aromatic N) is 1. The lowest BCUT2D eigenvalue weighted by Crippen LogP contribution is -2.38. The van der Waals surface area contributed by atoms with Gasteiger partial charge >= 0.3 is 0 Å². The number of amides is 1. The molecule has 2 heterocycles. The van der Waals surface area contributed by atoms with Crippen LogP contribution >= 0.6 is 0 Å². The van der Waals surface area contributed by atoms with Gasteiger partial charge in [-0.2, -0.15) is 0 Å². The first kappa shape index (κ1) is 37.8. The van der Waals surface area contributed by atoms with Crippen molar-refractivity contribution in [2.75, 3.05) is 61.2 Å². The molecule has 0 saturated heterocycles. The fraction of sp³-hybridized carbons (Fsp3) is 0.366. The van der Waals surface area contributed by atoms with Crippen LogP contribution in [0.4, 0.5) is 5.69 Å². The number of nitrogens with one attached hydrogen (secondary N) is 2. The van der Waals surface area contributed by atoms with Crippen molar-refractivity contribution in [1.29, 1.82) is 0 Å². The number of carbonyl (C=O) groups excluding carboxylic acids is 1. The van der Waals surface area contributed by atoms with Crippen molar-refractivity contribution in [2.45, 2.75) is 44.9 Å². The van der Waals surface area contributed by atoms with Crippen LogP contribution in [0.2, 0.25) is 0 Å². The summed E-state index contributed by atoms with van der Waals surface area (Å²) in [7, 11) is 9.51. The number of hydrogen-bond acceptors (Lipinski definition) is 12. The number of ether oxygens (including phenoxy) is 8. The van der Waals surface area contributed by atoms with Gasteiger partial charge < -0.3 is 53.4 Å². The van der Waals surface area contributed by atoms with Gasteiger partial charge in [-0.15, -0.1) is 0 Å². The molecule has 2 aliphatic rings. The maximum absolute atomic E-state index is 12.8. The number of oxime groups is 1. The smallest absolute Gasteiger partial charge is 0.255 e. The van der Waals surface area contributed by atoms with Gasteiger partial charge in [0.15, 0.2) is 40.6 Å². The molecule has 286 valence electrons. The van der Waals surface area contributed by atoms with Gasteiger partial charge in [0.25, 0.3) is 5.91 Å². The molecule has 0 spiro atoms. The number of benzene rings is 4. The Balaban J connectivity index is 0.996. The Hall–Kier alpha value is -5.98. The third kappa shape index (κ3) is 8.14. The Bertz CT molecular complexity index is 1950. The van der Waals surface area contributed by atoms with E-state index in [-0.39, 0.29) is 18.2 Å². The zero-order chi connectivity index (χ0) is 38.2. The second-order valence-electron chi connectivity index (χ2n) is 12.8. The van der Waals surface area contributed by atoms with Crippen LogP contribution in [-0.4, -0.2) is 67.5 Å². The van der Waals surface area contributed by atoms with Gasteiger partial charge in [0.2, 0.25) is 11.5 Å². The van der Waals surface area contributed by atoms with E-state index in [1.807, 2.05) is 67.6 Å². The van der Waals surface area contributed by atoms with Crippen molar-refractivity contribution in [2.24, 2.45) is 5.16 Å². The van der Waals surface area contributed by atoms with E-state index in [2.05, 4.69) is 15.8 Å². The Morgan fingerprint density at radius 2 is 1.28 bits per heavy atom. The van der Waals surface area contributed by atoms with Gasteiger partial charge in [0.1, 0.15) is 6.17 Å². The lowest BCUT2D eigenvalue weighted by Gasteiger charge is -2.28. The molecule has 0 radical (unpaired) electrons. The number of anilines is 1. The molecule has 2 unspecified atom stereocenters. The monoisotopic (exact) mass is 741 g/mol. The maximum atomic E-state index is 12.8. The highest BCUT2D eigenvalue weighted by atomic mass is 16.6. The molecular formula is C41H47N3O10. The predicted molar refractivity (Wildman–Crippen MR) is 203 cm³/mol. The van der Waals surface area contributed by atoms with Gasteiger partial charge in [-0.25, -0.2) is 0 Å². The molecule has 1 amide bonds. The molecule has 2 aliphatic heterocycles. The van der Waals surface area contributed by atoms with E-state index in [4.69, 9.17) is 42.7 Å². The molecule has 4 aromatic carbocycles. The van der Waals surface area contributed by atoms with E-state index in [0.717, 1.165) is 52.9 Å². The number of hydrogen-bond donors (Lipinski definition) is 2. The van der Waals surface area contributed by atoms with Crippen molar-refractivity contribution >= 4 is 17.3 Å². The van der Waals surface area contributed by atoms with E-state index >= 15 is 0 Å². The molecule has 13 heteroatoms. The van der Waals surface area contributed by atoms with Gasteiger partial charge in [-0.3, -0.25) is 4.79 Å². The number of carbonyl (C=O) groups is 1. The molecule has 0 aromatic heterocycles. The topological polar surface area (TPSA) is 137 Å². The van der Waals surface area contributed by atoms with Crippen molar-refractivity contribution < 1.29 is 47.5 Å². The Morgan fingerprint density at radius 1 is 0.648 bits per heavy atom. The van der Waals surface area contributed by atoms with Gasteiger partial charge in [0, 0.05) is 23.2 Å². The average molecular weight is 742 g/mol. The molecule has 0 saturated carbocycles. The second-order valence-corrected chi connectivity index (χ2v) is 12.8. The molecule has 0 aliphatic carbocycles. The standard InChI is InChI=1S/C41H47N3O10/c1-24-11-13-29-28(17-24)41(45)43-40(42-29)25-12-14-31(33(18-25)46-2)52-15-9-8-10-16-53-39-36(49-5)19-26(20-37(39)50-6)30-23-32(54-44-30)27-21-34(47-3)38(51-7)35(22-27)48-4/h11-14,17-22,32,40,42H,8-10,15-16,23H2,1-7H3,(H,43,45). The molecule has 4 aromatic rings. The lowest BCUT2D eigenvalue weighted by atomic mass is 9.99. The van der Waals surface area contributed by atoms with E-state index in [9.17, 15) is 4.79 Å². The maximum Gasteiger partial charge on any atom is 0.255 e. The number of unbranched alkanes of at least 4 members (excludes halogenated alkanes) is 2. The number of fused-ring (bicyclic) bond motifs is 1. The molecule has 2 atom stereocenters. The summed E-state index contributed by atoms with van der Waals surface area (Å²) in [5, 5.41) is 10.8. The summed E-state index contributed by atoms with van der Waals surface area (Å²) in [6.07, 6.45) is 2.24. The van der Waals surface area contributed by atoms with E-state index in [1.165, 1.54) is 0 Å². The zero-order valence-electron chi connectivity index (χ0n) is 31.7. The van der Waals surface area contributed by atoms with E-state index in [0.29, 0.717) is 71.2 Å². The lowest BCUT2D eigenvalue weighted by molar-refractivity contribution is 0.0853. The van der Waals surface area contributed by atoms with Crippen molar-refractivity contribution in [1.82, 2.24) is 5.32 Å². The molecule has 54 heavy (non-hydrogen) atoms. The minimum Gasteiger partial charge on any atom is -0.493 e. The highest BCUT2D eigenvalue weighted by molar-refractivity contribution is 6.03. The number of rotatable bonds is 17. The molecule has 6 rings (SSSR count). The summed E-state index contributed by atoms with van der Waals surface area (Å²) in [6, 6.07) is 18.9. The van der Waals surface area contributed by atoms with Crippen LogP contribution in [-0.2, 0) is 4.84 Å². The Morgan fingerprint density at radius 3 is 1.93 bits per heavy atom. The van der Waals surface area contributed by atoms with Crippen LogP contribution < -0.4 is 48.5 Å². The largest absolute Gasteiger partial charge is 0.493 e. The fourth-order valence-corrected chi connectivity index (χ4v) is 6.46. The summed E-state index contributed by atoms with van der Waals surface area (Å²) < 4.78 is 45.8.